The van der Waals surface area contributed by atoms with Crippen molar-refractivity contribution < 1.29 is 4.92 Å². The Kier molecular flexibility index (Phi) is 6.79. The summed E-state index contributed by atoms with van der Waals surface area (Å²) in [5, 5.41) is 10.8. The number of hydrogen-bond donors (Lipinski definition) is 1. The number of unbranched alkanes of at least 4 members (excludes halogenated alkanes) is 2. The molecule has 0 heterocycles. The fourth-order valence-electron chi connectivity index (χ4n) is 3.03. The molecule has 1 atom stereocenters. The number of benzene rings is 2. The average molecular weight is 326 g/mol. The lowest BCUT2D eigenvalue weighted by atomic mass is 9.88. The van der Waals surface area contributed by atoms with Crippen LogP contribution in [0.3, 0.4) is 0 Å². The van der Waals surface area contributed by atoms with Crippen LogP contribution in [0.4, 0.5) is 11.4 Å². The van der Waals surface area contributed by atoms with Crippen LogP contribution in [0.2, 0.25) is 0 Å². The highest BCUT2D eigenvalue weighted by atomic mass is 16.6. The number of non-ortho nitro benzene ring substituents is 1. The third kappa shape index (κ3) is 5.69. The molecule has 0 aromatic heterocycles. The van der Waals surface area contributed by atoms with Crippen LogP contribution in [0.15, 0.2) is 48.5 Å². The number of rotatable bonds is 9. The Bertz CT molecular complexity index is 636. The van der Waals surface area contributed by atoms with Crippen LogP contribution in [0.25, 0.3) is 0 Å². The molecule has 2 N–H and O–H groups in total. The smallest absolute Gasteiger partial charge is 0.269 e. The summed E-state index contributed by atoms with van der Waals surface area (Å²) in [6.07, 6.45) is 6.83. The van der Waals surface area contributed by atoms with Gasteiger partial charge in [0.15, 0.2) is 0 Å². The summed E-state index contributed by atoms with van der Waals surface area (Å²) < 4.78 is 0. The molecule has 0 fully saturated rings. The molecule has 0 saturated heterocycles. The monoisotopic (exact) mass is 326 g/mol. The molecule has 0 spiro atoms. The van der Waals surface area contributed by atoms with E-state index in [1.807, 2.05) is 24.3 Å². The van der Waals surface area contributed by atoms with Gasteiger partial charge in [0.05, 0.1) is 4.92 Å². The van der Waals surface area contributed by atoms with Gasteiger partial charge in [-0.15, -0.1) is 0 Å². The maximum Gasteiger partial charge on any atom is 0.269 e. The van der Waals surface area contributed by atoms with Gasteiger partial charge in [0, 0.05) is 17.8 Å². The molecule has 24 heavy (non-hydrogen) atoms. The Balaban J connectivity index is 2.04. The summed E-state index contributed by atoms with van der Waals surface area (Å²) in [5.41, 5.74) is 9.17. The summed E-state index contributed by atoms with van der Waals surface area (Å²) in [6, 6.07) is 15.1. The number of nitrogens with zero attached hydrogens (tertiary/aromatic N) is 1. The average Bonchev–Trinajstić information content (AvgIpc) is 2.57. The second-order valence-electron chi connectivity index (χ2n) is 6.44. The minimum atomic E-state index is -0.350. The van der Waals surface area contributed by atoms with Gasteiger partial charge >= 0.3 is 0 Å². The SMILES string of the molecule is CCCCCC(Cc1ccc(N)cc1)Cc1ccc([N+](=O)[O-])cc1. The molecule has 2 rings (SSSR count). The van der Waals surface area contributed by atoms with Crippen molar-refractivity contribution in [1.29, 1.82) is 0 Å². The van der Waals surface area contributed by atoms with Crippen LogP contribution in [-0.2, 0) is 12.8 Å². The zero-order valence-electron chi connectivity index (χ0n) is 14.3. The van der Waals surface area contributed by atoms with Crippen LogP contribution in [0.1, 0.15) is 43.7 Å². The topological polar surface area (TPSA) is 69.2 Å². The van der Waals surface area contributed by atoms with E-state index in [4.69, 9.17) is 5.73 Å². The Morgan fingerprint density at radius 3 is 2.00 bits per heavy atom. The van der Waals surface area contributed by atoms with Crippen molar-refractivity contribution in [3.63, 3.8) is 0 Å². The fourth-order valence-corrected chi connectivity index (χ4v) is 3.03. The molecular weight excluding hydrogens is 300 g/mol. The highest BCUT2D eigenvalue weighted by Gasteiger charge is 2.12. The first-order valence-corrected chi connectivity index (χ1v) is 8.66. The van der Waals surface area contributed by atoms with Crippen molar-refractivity contribution >= 4 is 11.4 Å². The molecule has 0 amide bonds. The van der Waals surface area contributed by atoms with Gasteiger partial charge < -0.3 is 5.73 Å². The lowest BCUT2D eigenvalue weighted by Crippen LogP contribution is -2.09. The van der Waals surface area contributed by atoms with Crippen LogP contribution in [0.5, 0.6) is 0 Å². The summed E-state index contributed by atoms with van der Waals surface area (Å²) in [5.74, 6) is 0.543. The molecule has 2 aromatic rings. The van der Waals surface area contributed by atoms with Crippen LogP contribution in [0, 0.1) is 16.0 Å². The molecule has 4 nitrogen and oxygen atoms in total. The normalized spacial score (nSPS) is 12.0. The first-order chi connectivity index (χ1) is 11.6. The quantitative estimate of drug-likeness (QED) is 0.299. The lowest BCUT2D eigenvalue weighted by molar-refractivity contribution is -0.384. The van der Waals surface area contributed by atoms with Crippen LogP contribution in [-0.4, -0.2) is 4.92 Å². The largest absolute Gasteiger partial charge is 0.399 e. The first-order valence-electron chi connectivity index (χ1n) is 8.66. The van der Waals surface area contributed by atoms with E-state index in [0.29, 0.717) is 5.92 Å². The number of hydrogen-bond acceptors (Lipinski definition) is 3. The van der Waals surface area contributed by atoms with Crippen LogP contribution >= 0.6 is 0 Å². The zero-order valence-corrected chi connectivity index (χ0v) is 14.3. The van der Waals surface area contributed by atoms with E-state index >= 15 is 0 Å². The maximum absolute atomic E-state index is 10.8. The van der Waals surface area contributed by atoms with Gasteiger partial charge in [0.2, 0.25) is 0 Å². The minimum absolute atomic E-state index is 0.153. The van der Waals surface area contributed by atoms with Gasteiger partial charge in [-0.2, -0.15) is 0 Å². The molecule has 0 radical (unpaired) electrons. The van der Waals surface area contributed by atoms with Gasteiger partial charge in [-0.25, -0.2) is 0 Å². The third-order valence-corrected chi connectivity index (χ3v) is 4.39. The molecule has 0 aliphatic heterocycles. The molecule has 128 valence electrons. The van der Waals surface area contributed by atoms with Crippen molar-refractivity contribution in [3.8, 4) is 0 Å². The Morgan fingerprint density at radius 2 is 1.50 bits per heavy atom. The summed E-state index contributed by atoms with van der Waals surface area (Å²) >= 11 is 0. The van der Waals surface area contributed by atoms with E-state index in [9.17, 15) is 10.1 Å². The molecule has 0 aliphatic rings. The van der Waals surface area contributed by atoms with Crippen molar-refractivity contribution in [2.24, 2.45) is 5.92 Å². The lowest BCUT2D eigenvalue weighted by Gasteiger charge is -2.17. The van der Waals surface area contributed by atoms with Crippen molar-refractivity contribution in [2.45, 2.75) is 45.4 Å². The predicted molar refractivity (Wildman–Crippen MR) is 99.0 cm³/mol. The van der Waals surface area contributed by atoms with E-state index in [2.05, 4.69) is 19.1 Å². The molecule has 4 heteroatoms. The van der Waals surface area contributed by atoms with Gasteiger partial charge in [-0.3, -0.25) is 10.1 Å². The van der Waals surface area contributed by atoms with Gasteiger partial charge in [0.25, 0.3) is 5.69 Å². The molecule has 0 aliphatic carbocycles. The third-order valence-electron chi connectivity index (χ3n) is 4.39. The summed E-state index contributed by atoms with van der Waals surface area (Å²) in [7, 11) is 0. The fraction of sp³-hybridized carbons (Fsp3) is 0.400. The summed E-state index contributed by atoms with van der Waals surface area (Å²) in [6.45, 7) is 2.21. The zero-order chi connectivity index (χ0) is 17.4. The van der Waals surface area contributed by atoms with Gasteiger partial charge in [0.1, 0.15) is 0 Å². The standard InChI is InChI=1S/C20H26N2O2/c1-2-3-4-5-18(14-16-6-10-19(21)11-7-16)15-17-8-12-20(13-9-17)22(23)24/h6-13,18H,2-5,14-15,21H2,1H3. The Labute approximate surface area is 143 Å². The van der Waals surface area contributed by atoms with E-state index < -0.39 is 0 Å². The van der Waals surface area contributed by atoms with E-state index in [1.54, 1.807) is 12.1 Å². The number of nitrogen functional groups attached to an aromatic ring is 1. The maximum atomic E-state index is 10.8. The number of nitro benzene ring substituents is 1. The number of nitrogens with two attached hydrogens (primary N) is 1. The van der Waals surface area contributed by atoms with Crippen molar-refractivity contribution in [3.05, 3.63) is 69.8 Å². The van der Waals surface area contributed by atoms with E-state index in [-0.39, 0.29) is 10.6 Å². The minimum Gasteiger partial charge on any atom is -0.399 e. The highest BCUT2D eigenvalue weighted by molar-refractivity contribution is 5.39. The Morgan fingerprint density at radius 1 is 0.958 bits per heavy atom. The van der Waals surface area contributed by atoms with Crippen molar-refractivity contribution in [2.75, 3.05) is 5.73 Å². The molecule has 0 bridgehead atoms. The van der Waals surface area contributed by atoms with E-state index in [1.165, 1.54) is 31.2 Å². The van der Waals surface area contributed by atoms with Gasteiger partial charge in [-0.05, 0) is 48.4 Å². The Hall–Kier alpha value is -2.36. The second-order valence-corrected chi connectivity index (χ2v) is 6.44. The molecule has 0 saturated carbocycles. The molecule has 2 aromatic carbocycles. The van der Waals surface area contributed by atoms with Gasteiger partial charge in [-0.1, -0.05) is 50.5 Å². The molecular formula is C20H26N2O2. The van der Waals surface area contributed by atoms with E-state index in [0.717, 1.165) is 24.1 Å². The highest BCUT2D eigenvalue weighted by Crippen LogP contribution is 2.22. The summed E-state index contributed by atoms with van der Waals surface area (Å²) in [4.78, 5) is 10.4. The second kappa shape index (κ2) is 9.06. The predicted octanol–water partition coefficient (Wildman–Crippen LogP) is 5.16. The number of anilines is 1. The van der Waals surface area contributed by atoms with Crippen molar-refractivity contribution in [1.82, 2.24) is 0 Å². The first kappa shape index (κ1) is 18.0. The molecule has 1 unspecified atom stereocenters. The number of nitro groups is 1. The van der Waals surface area contributed by atoms with Crippen LogP contribution < -0.4 is 5.73 Å².